The van der Waals surface area contributed by atoms with Crippen molar-refractivity contribution >= 4 is 5.82 Å². The monoisotopic (exact) mass is 236 g/mol. The molecule has 0 saturated carbocycles. The van der Waals surface area contributed by atoms with Crippen molar-refractivity contribution in [2.24, 2.45) is 5.41 Å². The Labute approximate surface area is 104 Å². The van der Waals surface area contributed by atoms with Gasteiger partial charge in [-0.2, -0.15) is 0 Å². The van der Waals surface area contributed by atoms with Crippen LogP contribution in [0.1, 0.15) is 25.4 Å². The van der Waals surface area contributed by atoms with E-state index in [0.717, 1.165) is 30.4 Å². The zero-order chi connectivity index (χ0) is 13.1. The first-order valence-electron chi connectivity index (χ1n) is 5.99. The smallest absolute Gasteiger partial charge is 0.129 e. The molecule has 0 bridgehead atoms. The van der Waals surface area contributed by atoms with E-state index < -0.39 is 0 Å². The minimum Gasteiger partial charge on any atom is -0.369 e. The average Bonchev–Trinajstić information content (AvgIpc) is 2.11. The Balaban J connectivity index is 2.60. The number of aromatic nitrogens is 2. The number of hydrogen-bond donors (Lipinski definition) is 1. The van der Waals surface area contributed by atoms with Gasteiger partial charge in [-0.25, -0.2) is 9.97 Å². The van der Waals surface area contributed by atoms with Crippen LogP contribution in [-0.4, -0.2) is 42.1 Å². The first-order valence-corrected chi connectivity index (χ1v) is 5.99. The summed E-state index contributed by atoms with van der Waals surface area (Å²) in [4.78, 5) is 10.9. The second-order valence-electron chi connectivity index (χ2n) is 5.70. The lowest BCUT2D eigenvalue weighted by molar-refractivity contribution is 0.254. The van der Waals surface area contributed by atoms with Gasteiger partial charge in [-0.1, -0.05) is 13.8 Å². The van der Waals surface area contributed by atoms with Crippen molar-refractivity contribution in [3.05, 3.63) is 17.6 Å². The molecule has 0 aromatic carbocycles. The summed E-state index contributed by atoms with van der Waals surface area (Å²) < 4.78 is 0. The zero-order valence-corrected chi connectivity index (χ0v) is 11.8. The maximum atomic E-state index is 4.38. The molecule has 0 aliphatic rings. The van der Waals surface area contributed by atoms with Gasteiger partial charge in [0.2, 0.25) is 0 Å². The van der Waals surface area contributed by atoms with Crippen LogP contribution in [0.4, 0.5) is 5.82 Å². The number of nitrogens with zero attached hydrogens (tertiary/aromatic N) is 3. The highest BCUT2D eigenvalue weighted by molar-refractivity contribution is 5.35. The Morgan fingerprint density at radius 1 is 1.24 bits per heavy atom. The molecule has 0 spiro atoms. The van der Waals surface area contributed by atoms with Crippen LogP contribution >= 0.6 is 0 Å². The van der Waals surface area contributed by atoms with Crippen molar-refractivity contribution < 1.29 is 0 Å². The number of aryl methyl sites for hydroxylation is 2. The highest BCUT2D eigenvalue weighted by Gasteiger charge is 2.18. The number of nitrogens with one attached hydrogen (secondary N) is 1. The third-order valence-electron chi connectivity index (χ3n) is 2.46. The van der Waals surface area contributed by atoms with Crippen molar-refractivity contribution in [2.75, 3.05) is 32.5 Å². The molecule has 0 fully saturated rings. The predicted octanol–water partition coefficient (Wildman–Crippen LogP) is 2.09. The molecule has 1 rings (SSSR count). The second kappa shape index (κ2) is 5.45. The molecule has 4 heteroatoms. The highest BCUT2D eigenvalue weighted by Crippen LogP contribution is 2.17. The molecule has 0 saturated heterocycles. The molecule has 17 heavy (non-hydrogen) atoms. The number of rotatable bonds is 5. The van der Waals surface area contributed by atoms with Crippen LogP contribution in [0, 0.1) is 19.3 Å². The molecule has 96 valence electrons. The van der Waals surface area contributed by atoms with E-state index in [1.807, 2.05) is 19.9 Å². The number of anilines is 1. The zero-order valence-electron chi connectivity index (χ0n) is 11.8. The van der Waals surface area contributed by atoms with Crippen molar-refractivity contribution in [1.29, 1.82) is 0 Å². The standard InChI is InChI=1S/C13H24N4/c1-10-7-12(16-11(2)15-10)14-8-13(3,4)9-17(5)6/h7H,8-9H2,1-6H3,(H,14,15,16). The van der Waals surface area contributed by atoms with E-state index in [1.54, 1.807) is 0 Å². The molecule has 0 aliphatic heterocycles. The van der Waals surface area contributed by atoms with Crippen LogP contribution in [-0.2, 0) is 0 Å². The molecule has 1 aromatic heterocycles. The number of hydrogen-bond acceptors (Lipinski definition) is 4. The van der Waals surface area contributed by atoms with E-state index in [1.165, 1.54) is 0 Å². The van der Waals surface area contributed by atoms with Gasteiger partial charge < -0.3 is 10.2 Å². The Bertz CT molecular complexity index is 351. The van der Waals surface area contributed by atoms with Gasteiger partial charge in [0, 0.05) is 24.8 Å². The largest absolute Gasteiger partial charge is 0.369 e. The highest BCUT2D eigenvalue weighted by atomic mass is 15.1. The molecular formula is C13H24N4. The van der Waals surface area contributed by atoms with Crippen LogP contribution in [0.3, 0.4) is 0 Å². The Hall–Kier alpha value is -1.16. The van der Waals surface area contributed by atoms with Crippen molar-refractivity contribution in [2.45, 2.75) is 27.7 Å². The quantitative estimate of drug-likeness (QED) is 0.850. The van der Waals surface area contributed by atoms with Gasteiger partial charge in [0.05, 0.1) is 0 Å². The average molecular weight is 236 g/mol. The molecule has 1 N–H and O–H groups in total. The summed E-state index contributed by atoms with van der Waals surface area (Å²) in [6.07, 6.45) is 0. The van der Waals surface area contributed by atoms with Gasteiger partial charge in [0.25, 0.3) is 0 Å². The van der Waals surface area contributed by atoms with E-state index in [2.05, 4.69) is 48.1 Å². The van der Waals surface area contributed by atoms with E-state index >= 15 is 0 Å². The van der Waals surface area contributed by atoms with Crippen LogP contribution in [0.15, 0.2) is 6.07 Å². The maximum absolute atomic E-state index is 4.38. The summed E-state index contributed by atoms with van der Waals surface area (Å²) in [5, 5.41) is 3.39. The first kappa shape index (κ1) is 13.9. The van der Waals surface area contributed by atoms with Gasteiger partial charge in [0.1, 0.15) is 11.6 Å². The van der Waals surface area contributed by atoms with Gasteiger partial charge in [-0.3, -0.25) is 0 Å². The summed E-state index contributed by atoms with van der Waals surface area (Å²) in [5.41, 5.74) is 1.22. The topological polar surface area (TPSA) is 41.0 Å². The summed E-state index contributed by atoms with van der Waals surface area (Å²) >= 11 is 0. The Morgan fingerprint density at radius 3 is 2.41 bits per heavy atom. The second-order valence-corrected chi connectivity index (χ2v) is 5.70. The van der Waals surface area contributed by atoms with Gasteiger partial charge in [-0.15, -0.1) is 0 Å². The minimum absolute atomic E-state index is 0.219. The normalized spacial score (nSPS) is 11.9. The lowest BCUT2D eigenvalue weighted by atomic mass is 9.93. The van der Waals surface area contributed by atoms with E-state index in [4.69, 9.17) is 0 Å². The van der Waals surface area contributed by atoms with Crippen LogP contribution < -0.4 is 5.32 Å². The van der Waals surface area contributed by atoms with E-state index in [-0.39, 0.29) is 5.41 Å². The van der Waals surface area contributed by atoms with Crippen molar-refractivity contribution in [3.63, 3.8) is 0 Å². The molecule has 1 heterocycles. The van der Waals surface area contributed by atoms with E-state index in [9.17, 15) is 0 Å². The first-order chi connectivity index (χ1) is 7.78. The Kier molecular flexibility index (Phi) is 4.46. The summed E-state index contributed by atoms with van der Waals surface area (Å²) in [7, 11) is 4.20. The summed E-state index contributed by atoms with van der Waals surface area (Å²) in [6, 6.07) is 1.98. The minimum atomic E-state index is 0.219. The van der Waals surface area contributed by atoms with Crippen molar-refractivity contribution in [3.8, 4) is 0 Å². The van der Waals surface area contributed by atoms with Gasteiger partial charge in [0.15, 0.2) is 0 Å². The van der Waals surface area contributed by atoms with Crippen LogP contribution in [0.25, 0.3) is 0 Å². The summed E-state index contributed by atoms with van der Waals surface area (Å²) in [6.45, 7) is 10.4. The van der Waals surface area contributed by atoms with E-state index in [0.29, 0.717) is 0 Å². The predicted molar refractivity (Wildman–Crippen MR) is 72.3 cm³/mol. The van der Waals surface area contributed by atoms with Crippen LogP contribution in [0.2, 0.25) is 0 Å². The lowest BCUT2D eigenvalue weighted by Gasteiger charge is -2.28. The molecular weight excluding hydrogens is 212 g/mol. The molecule has 4 nitrogen and oxygen atoms in total. The fourth-order valence-electron chi connectivity index (χ4n) is 2.05. The molecule has 1 aromatic rings. The van der Waals surface area contributed by atoms with Gasteiger partial charge in [-0.05, 0) is 33.4 Å². The fraction of sp³-hybridized carbons (Fsp3) is 0.692. The molecule has 0 unspecified atom stereocenters. The third-order valence-corrected chi connectivity index (χ3v) is 2.46. The SMILES string of the molecule is Cc1cc(NCC(C)(C)CN(C)C)nc(C)n1. The molecule has 0 radical (unpaired) electrons. The maximum Gasteiger partial charge on any atom is 0.129 e. The molecule has 0 aliphatic carbocycles. The van der Waals surface area contributed by atoms with Gasteiger partial charge >= 0.3 is 0 Å². The Morgan fingerprint density at radius 2 is 1.88 bits per heavy atom. The van der Waals surface area contributed by atoms with Crippen LogP contribution in [0.5, 0.6) is 0 Å². The molecule has 0 atom stereocenters. The lowest BCUT2D eigenvalue weighted by Crippen LogP contribution is -2.34. The fourth-order valence-corrected chi connectivity index (χ4v) is 2.05. The molecule has 0 amide bonds. The third kappa shape index (κ3) is 5.13. The van der Waals surface area contributed by atoms with Crippen molar-refractivity contribution in [1.82, 2.24) is 14.9 Å². The summed E-state index contributed by atoms with van der Waals surface area (Å²) in [5.74, 6) is 1.74.